The third kappa shape index (κ3) is 9.01. The predicted octanol–water partition coefficient (Wildman–Crippen LogP) is 0.567. The Hall–Kier alpha value is -1.00. The van der Waals surface area contributed by atoms with Crippen LogP contribution in [0.4, 0.5) is 0 Å². The van der Waals surface area contributed by atoms with E-state index in [0.717, 1.165) is 0 Å². The number of ether oxygens (including phenoxy) is 2. The summed E-state index contributed by atoms with van der Waals surface area (Å²) in [4.78, 5) is 29.2. The molecule has 0 aliphatic carbocycles. The highest BCUT2D eigenvalue weighted by molar-refractivity contribution is 6.44. The summed E-state index contributed by atoms with van der Waals surface area (Å²) in [5.41, 5.74) is 0. The van der Waals surface area contributed by atoms with Gasteiger partial charge in [-0.05, 0) is 27.7 Å². The molecular formula is C14H29NO7Si. The summed E-state index contributed by atoms with van der Waals surface area (Å²) in [5, 5.41) is 1.39. The summed E-state index contributed by atoms with van der Waals surface area (Å²) in [6, 6.07) is -0.894. The summed E-state index contributed by atoms with van der Waals surface area (Å²) in [5.74, 6) is -1.03. The summed E-state index contributed by atoms with van der Waals surface area (Å²) >= 11 is 0. The first-order valence-electron chi connectivity index (χ1n) is 7.90. The lowest BCUT2D eigenvalue weighted by Crippen LogP contribution is -2.49. The van der Waals surface area contributed by atoms with Crippen molar-refractivity contribution in [3.05, 3.63) is 0 Å². The maximum Gasteiger partial charge on any atom is 0.338 e. The molecule has 0 aromatic heterocycles. The van der Waals surface area contributed by atoms with Crippen molar-refractivity contribution < 1.29 is 32.8 Å². The minimum atomic E-state index is -2.05. The zero-order valence-electron chi connectivity index (χ0n) is 14.7. The number of carbonyl (C=O) groups excluding carboxylic acids is 2. The molecule has 1 unspecified atom stereocenters. The number of hydrogen-bond donors (Lipinski definition) is 0. The number of hydroxylamine groups is 2. The van der Waals surface area contributed by atoms with Gasteiger partial charge in [0.2, 0.25) is 0 Å². The van der Waals surface area contributed by atoms with Crippen LogP contribution in [0.3, 0.4) is 0 Å². The number of hydrogen-bond acceptors (Lipinski definition) is 8. The van der Waals surface area contributed by atoms with Crippen LogP contribution in [0.25, 0.3) is 0 Å². The molecule has 0 saturated carbocycles. The Labute approximate surface area is 139 Å². The van der Waals surface area contributed by atoms with E-state index < -0.39 is 27.3 Å². The smallest absolute Gasteiger partial charge is 0.338 e. The first-order valence-corrected chi connectivity index (χ1v) is 9.65. The minimum absolute atomic E-state index is 0.153. The second kappa shape index (κ2) is 13.4. The second-order valence-electron chi connectivity index (χ2n) is 4.40. The fraction of sp³-hybridized carbons (Fsp3) is 0.857. The molecule has 0 aliphatic heterocycles. The SMILES string of the molecule is CCOC(=O)CC(C(=O)OCC)N(C[SiH](OCC)OCC)OC. The summed E-state index contributed by atoms with van der Waals surface area (Å²) < 4.78 is 21.1. The van der Waals surface area contributed by atoms with Crippen LogP contribution in [0.5, 0.6) is 0 Å². The van der Waals surface area contributed by atoms with E-state index in [2.05, 4.69) is 0 Å². The molecule has 136 valence electrons. The van der Waals surface area contributed by atoms with Gasteiger partial charge in [-0.3, -0.25) is 9.59 Å². The van der Waals surface area contributed by atoms with Crippen molar-refractivity contribution in [3.8, 4) is 0 Å². The number of carbonyl (C=O) groups is 2. The highest BCUT2D eigenvalue weighted by Crippen LogP contribution is 2.10. The molecule has 0 aromatic rings. The monoisotopic (exact) mass is 351 g/mol. The highest BCUT2D eigenvalue weighted by atomic mass is 28.3. The first kappa shape index (κ1) is 22.0. The predicted molar refractivity (Wildman–Crippen MR) is 85.8 cm³/mol. The van der Waals surface area contributed by atoms with Gasteiger partial charge in [0.25, 0.3) is 0 Å². The highest BCUT2D eigenvalue weighted by Gasteiger charge is 2.33. The number of esters is 2. The Balaban J connectivity index is 5.03. The molecule has 0 saturated heterocycles. The molecule has 0 rings (SSSR count). The third-order valence-electron chi connectivity index (χ3n) is 2.84. The number of nitrogens with zero attached hydrogens (tertiary/aromatic N) is 1. The maximum atomic E-state index is 12.2. The van der Waals surface area contributed by atoms with Gasteiger partial charge in [-0.25, -0.2) is 0 Å². The number of rotatable bonds is 13. The largest absolute Gasteiger partial charge is 0.466 e. The Morgan fingerprint density at radius 2 is 1.52 bits per heavy atom. The first-order chi connectivity index (χ1) is 11.0. The van der Waals surface area contributed by atoms with Crippen molar-refractivity contribution in [2.45, 2.75) is 40.2 Å². The van der Waals surface area contributed by atoms with Crippen molar-refractivity contribution in [2.24, 2.45) is 0 Å². The molecule has 0 spiro atoms. The van der Waals surface area contributed by atoms with E-state index in [1.165, 1.54) is 12.2 Å². The van der Waals surface area contributed by atoms with Crippen LogP contribution in [0.1, 0.15) is 34.1 Å². The van der Waals surface area contributed by atoms with E-state index in [9.17, 15) is 9.59 Å². The molecule has 0 fully saturated rings. The van der Waals surface area contributed by atoms with Crippen molar-refractivity contribution >= 4 is 21.2 Å². The Kier molecular flexibility index (Phi) is 12.9. The van der Waals surface area contributed by atoms with E-state index >= 15 is 0 Å². The normalized spacial score (nSPS) is 12.5. The standard InChI is InChI=1S/C14H29NO7Si/c1-6-19-13(16)10-12(14(17)20-7-2)15(18-5)11-23(21-8-3)22-9-4/h12,23H,6-11H2,1-5H3. The lowest BCUT2D eigenvalue weighted by molar-refractivity contribution is -0.189. The van der Waals surface area contributed by atoms with Crippen LogP contribution in [0, 0.1) is 0 Å². The molecule has 9 heteroatoms. The van der Waals surface area contributed by atoms with Gasteiger partial charge in [0.05, 0.1) is 32.9 Å². The summed E-state index contributed by atoms with van der Waals surface area (Å²) in [6.07, 6.45) is 0.140. The van der Waals surface area contributed by atoms with Crippen LogP contribution in [-0.2, 0) is 32.8 Å². The van der Waals surface area contributed by atoms with E-state index in [4.69, 9.17) is 23.2 Å². The van der Waals surface area contributed by atoms with Crippen LogP contribution >= 0.6 is 0 Å². The molecule has 0 radical (unpaired) electrons. The van der Waals surface area contributed by atoms with Crippen molar-refractivity contribution in [1.29, 1.82) is 0 Å². The molecule has 0 bridgehead atoms. The van der Waals surface area contributed by atoms with Crippen LogP contribution in [0.2, 0.25) is 0 Å². The van der Waals surface area contributed by atoms with E-state index in [-0.39, 0.29) is 19.6 Å². The topological polar surface area (TPSA) is 83.5 Å². The molecule has 1 atom stereocenters. The van der Waals surface area contributed by atoms with Crippen molar-refractivity contribution in [3.63, 3.8) is 0 Å². The lowest BCUT2D eigenvalue weighted by atomic mass is 10.2. The molecular weight excluding hydrogens is 322 g/mol. The second-order valence-corrected chi connectivity index (χ2v) is 6.29. The van der Waals surface area contributed by atoms with Gasteiger partial charge in [-0.1, -0.05) is 0 Å². The van der Waals surface area contributed by atoms with Gasteiger partial charge in [-0.2, -0.15) is 5.06 Å². The summed E-state index contributed by atoms with van der Waals surface area (Å²) in [7, 11) is -0.616. The molecule has 23 heavy (non-hydrogen) atoms. The third-order valence-corrected chi connectivity index (χ3v) is 4.91. The Bertz CT molecular complexity index is 337. The fourth-order valence-corrected chi connectivity index (χ4v) is 3.67. The van der Waals surface area contributed by atoms with Gasteiger partial charge >= 0.3 is 21.2 Å². The average molecular weight is 351 g/mol. The van der Waals surface area contributed by atoms with Gasteiger partial charge in [0.1, 0.15) is 6.04 Å². The van der Waals surface area contributed by atoms with Gasteiger partial charge in [0.15, 0.2) is 0 Å². The molecule has 0 aliphatic rings. The van der Waals surface area contributed by atoms with E-state index in [0.29, 0.717) is 19.4 Å². The van der Waals surface area contributed by atoms with E-state index in [1.807, 2.05) is 13.8 Å². The zero-order valence-corrected chi connectivity index (χ0v) is 15.9. The lowest BCUT2D eigenvalue weighted by Gasteiger charge is -2.29. The quantitative estimate of drug-likeness (QED) is 0.270. The average Bonchev–Trinajstić information content (AvgIpc) is 2.51. The summed E-state index contributed by atoms with van der Waals surface area (Å²) in [6.45, 7) is 8.64. The fourth-order valence-electron chi connectivity index (χ4n) is 1.92. The maximum absolute atomic E-state index is 12.2. The van der Waals surface area contributed by atoms with Crippen LogP contribution in [-0.4, -0.2) is 72.0 Å². The van der Waals surface area contributed by atoms with Crippen molar-refractivity contribution in [1.82, 2.24) is 5.06 Å². The van der Waals surface area contributed by atoms with Gasteiger partial charge < -0.3 is 23.2 Å². The molecule has 0 amide bonds. The zero-order chi connectivity index (χ0) is 17.7. The Morgan fingerprint density at radius 3 is 1.96 bits per heavy atom. The van der Waals surface area contributed by atoms with Crippen LogP contribution < -0.4 is 0 Å². The van der Waals surface area contributed by atoms with Crippen molar-refractivity contribution in [2.75, 3.05) is 39.7 Å². The molecule has 0 heterocycles. The molecule has 0 aromatic carbocycles. The Morgan fingerprint density at radius 1 is 0.957 bits per heavy atom. The minimum Gasteiger partial charge on any atom is -0.466 e. The molecule has 0 N–H and O–H groups in total. The molecule has 8 nitrogen and oxygen atoms in total. The van der Waals surface area contributed by atoms with Gasteiger partial charge in [0, 0.05) is 13.2 Å². The van der Waals surface area contributed by atoms with Gasteiger partial charge in [-0.15, -0.1) is 0 Å². The van der Waals surface area contributed by atoms with Crippen LogP contribution in [0.15, 0.2) is 0 Å². The van der Waals surface area contributed by atoms with E-state index in [1.54, 1.807) is 13.8 Å².